The van der Waals surface area contributed by atoms with Crippen LogP contribution in [0.15, 0.2) is 22.9 Å². The quantitative estimate of drug-likeness (QED) is 0.338. The molecule has 3 rings (SSSR count). The molecule has 0 aromatic heterocycles. The molecule has 0 spiro atoms. The van der Waals surface area contributed by atoms with Crippen molar-refractivity contribution in [1.82, 2.24) is 4.90 Å². The maximum Gasteiger partial charge on any atom is 0.352 e. The lowest BCUT2D eigenvalue weighted by atomic mass is 9.77. The standard InChI is InChI=1S/C13H14INO3/c1-2-6-10-7-4-3-5-8(14)9(7)11(13(17)18)15(10)12(6)16/h2,7-8,10H,3-5H2,1H3,(H,17,18)/t7-,8?,10-/m0/s1. The second kappa shape index (κ2) is 4.08. The lowest BCUT2D eigenvalue weighted by Crippen LogP contribution is -2.54. The molecule has 1 amide bonds. The minimum absolute atomic E-state index is 0.00108. The first-order chi connectivity index (χ1) is 8.57. The number of carbonyl (C=O) groups excluding carboxylic acids is 1. The molecule has 1 saturated carbocycles. The molecular formula is C13H14INO3. The first kappa shape index (κ1) is 12.2. The molecule has 3 aliphatic rings. The Balaban J connectivity index is 2.11. The second-order valence-electron chi connectivity index (χ2n) is 4.98. The highest BCUT2D eigenvalue weighted by Crippen LogP contribution is 2.52. The number of carboxylic acid groups (broad SMARTS) is 1. The predicted molar refractivity (Wildman–Crippen MR) is 74.2 cm³/mol. The highest BCUT2D eigenvalue weighted by molar-refractivity contribution is 14.1. The monoisotopic (exact) mass is 359 g/mol. The van der Waals surface area contributed by atoms with Crippen LogP contribution < -0.4 is 0 Å². The van der Waals surface area contributed by atoms with Crippen LogP contribution in [0.3, 0.4) is 0 Å². The van der Waals surface area contributed by atoms with Crippen molar-refractivity contribution in [2.45, 2.75) is 36.2 Å². The van der Waals surface area contributed by atoms with Gasteiger partial charge in [-0.25, -0.2) is 4.79 Å². The van der Waals surface area contributed by atoms with Crippen molar-refractivity contribution >= 4 is 34.5 Å². The van der Waals surface area contributed by atoms with Gasteiger partial charge in [-0.05, 0) is 25.3 Å². The second-order valence-corrected chi connectivity index (χ2v) is 6.48. The van der Waals surface area contributed by atoms with Gasteiger partial charge in [0, 0.05) is 15.4 Å². The zero-order valence-electron chi connectivity index (χ0n) is 10.0. The van der Waals surface area contributed by atoms with E-state index in [1.54, 1.807) is 0 Å². The Hall–Kier alpha value is -0.850. The number of allylic oxidation sites excluding steroid dienone is 1. The summed E-state index contributed by atoms with van der Waals surface area (Å²) in [4.78, 5) is 25.0. The maximum absolute atomic E-state index is 12.0. The highest BCUT2D eigenvalue weighted by Gasteiger charge is 2.57. The lowest BCUT2D eigenvalue weighted by Gasteiger charge is -2.41. The molecule has 4 nitrogen and oxygen atoms in total. The lowest BCUT2D eigenvalue weighted by molar-refractivity contribution is -0.142. The van der Waals surface area contributed by atoms with Crippen molar-refractivity contribution in [2.75, 3.05) is 0 Å². The zero-order valence-corrected chi connectivity index (χ0v) is 12.2. The Morgan fingerprint density at radius 2 is 2.22 bits per heavy atom. The number of fused-ring (bicyclic) bond motifs is 3. The third kappa shape index (κ3) is 1.36. The van der Waals surface area contributed by atoms with Gasteiger partial charge in [0.05, 0.1) is 6.04 Å². The van der Waals surface area contributed by atoms with Crippen LogP contribution in [0.1, 0.15) is 26.2 Å². The molecule has 2 fully saturated rings. The van der Waals surface area contributed by atoms with E-state index in [4.69, 9.17) is 0 Å². The van der Waals surface area contributed by atoms with E-state index in [-0.39, 0.29) is 27.5 Å². The Kier molecular flexibility index (Phi) is 2.76. The average molecular weight is 359 g/mol. The van der Waals surface area contributed by atoms with Gasteiger partial charge in [0.25, 0.3) is 5.91 Å². The molecule has 5 heteroatoms. The number of alkyl halides is 1. The summed E-state index contributed by atoms with van der Waals surface area (Å²) in [5.74, 6) is -0.842. The fourth-order valence-electron chi connectivity index (χ4n) is 3.47. The number of rotatable bonds is 1. The first-order valence-corrected chi connectivity index (χ1v) is 7.43. The van der Waals surface area contributed by atoms with Crippen LogP contribution in [0.4, 0.5) is 0 Å². The number of aliphatic carboxylic acids is 1. The van der Waals surface area contributed by atoms with E-state index < -0.39 is 5.97 Å². The van der Waals surface area contributed by atoms with Crippen LogP contribution in [-0.4, -0.2) is 31.8 Å². The Morgan fingerprint density at radius 1 is 1.50 bits per heavy atom. The smallest absolute Gasteiger partial charge is 0.352 e. The molecule has 0 bridgehead atoms. The largest absolute Gasteiger partial charge is 0.477 e. The Labute approximate surface area is 119 Å². The highest BCUT2D eigenvalue weighted by atomic mass is 127. The molecule has 96 valence electrons. The molecule has 1 N–H and O–H groups in total. The number of carboxylic acids is 1. The molecule has 1 unspecified atom stereocenters. The van der Waals surface area contributed by atoms with Gasteiger partial charge in [-0.15, -0.1) is 0 Å². The van der Waals surface area contributed by atoms with Crippen molar-refractivity contribution in [1.29, 1.82) is 0 Å². The van der Waals surface area contributed by atoms with Crippen molar-refractivity contribution in [3.8, 4) is 0 Å². The normalized spacial score (nSPS) is 36.6. The maximum atomic E-state index is 12.0. The van der Waals surface area contributed by atoms with Crippen molar-refractivity contribution in [3.05, 3.63) is 22.9 Å². The number of halogens is 1. The van der Waals surface area contributed by atoms with E-state index in [0.717, 1.165) is 30.4 Å². The summed E-state index contributed by atoms with van der Waals surface area (Å²) >= 11 is 2.32. The van der Waals surface area contributed by atoms with E-state index >= 15 is 0 Å². The Bertz CT molecular complexity index is 508. The van der Waals surface area contributed by atoms with Gasteiger partial charge in [-0.1, -0.05) is 35.1 Å². The number of nitrogens with zero attached hydrogens (tertiary/aromatic N) is 1. The summed E-state index contributed by atoms with van der Waals surface area (Å²) in [6.07, 6.45) is 4.97. The van der Waals surface area contributed by atoms with E-state index in [1.165, 1.54) is 4.90 Å². The zero-order chi connectivity index (χ0) is 13.0. The van der Waals surface area contributed by atoms with Crippen LogP contribution in [-0.2, 0) is 9.59 Å². The molecule has 3 atom stereocenters. The first-order valence-electron chi connectivity index (χ1n) is 6.19. The Morgan fingerprint density at radius 3 is 2.83 bits per heavy atom. The molecule has 0 aromatic carbocycles. The minimum Gasteiger partial charge on any atom is -0.477 e. The average Bonchev–Trinajstić information content (AvgIpc) is 2.63. The van der Waals surface area contributed by atoms with Crippen LogP contribution in [0, 0.1) is 5.92 Å². The number of β-lactam (4-membered cyclic amide) rings is 1. The van der Waals surface area contributed by atoms with Crippen LogP contribution in [0.25, 0.3) is 0 Å². The van der Waals surface area contributed by atoms with E-state index in [2.05, 4.69) is 22.6 Å². The summed E-state index contributed by atoms with van der Waals surface area (Å²) in [7, 11) is 0. The molecule has 1 saturated heterocycles. The van der Waals surface area contributed by atoms with Crippen LogP contribution >= 0.6 is 22.6 Å². The van der Waals surface area contributed by atoms with Gasteiger partial charge in [-0.3, -0.25) is 9.69 Å². The molecule has 18 heavy (non-hydrogen) atoms. The van der Waals surface area contributed by atoms with Gasteiger partial charge < -0.3 is 5.11 Å². The summed E-state index contributed by atoms with van der Waals surface area (Å²) < 4.78 is 0.254. The van der Waals surface area contributed by atoms with E-state index in [0.29, 0.717) is 0 Å². The van der Waals surface area contributed by atoms with Gasteiger partial charge >= 0.3 is 5.97 Å². The van der Waals surface area contributed by atoms with Crippen molar-refractivity contribution in [3.63, 3.8) is 0 Å². The third-order valence-electron chi connectivity index (χ3n) is 4.18. The van der Waals surface area contributed by atoms with Crippen molar-refractivity contribution in [2.24, 2.45) is 5.92 Å². The molecule has 0 aromatic rings. The summed E-state index contributed by atoms with van der Waals surface area (Å²) in [6, 6.07) is 0.00108. The molecule has 0 radical (unpaired) electrons. The van der Waals surface area contributed by atoms with Gasteiger partial charge in [0.1, 0.15) is 5.70 Å². The number of hydrogen-bond donors (Lipinski definition) is 1. The third-order valence-corrected chi connectivity index (χ3v) is 5.48. The summed E-state index contributed by atoms with van der Waals surface area (Å²) in [6.45, 7) is 1.85. The van der Waals surface area contributed by atoms with Gasteiger partial charge in [0.2, 0.25) is 0 Å². The van der Waals surface area contributed by atoms with Gasteiger partial charge in [-0.2, -0.15) is 0 Å². The number of carbonyl (C=O) groups is 2. The summed E-state index contributed by atoms with van der Waals surface area (Å²) in [5, 5.41) is 9.39. The van der Waals surface area contributed by atoms with Gasteiger partial charge in [0.15, 0.2) is 0 Å². The molecule has 1 aliphatic carbocycles. The molecule has 2 heterocycles. The SMILES string of the molecule is CC=C1C(=O)N2C(C(=O)O)=C3C(I)CCC[C@@H]3[C@H]12. The predicted octanol–water partition coefficient (Wildman–Crippen LogP) is 2.10. The molecular weight excluding hydrogens is 345 g/mol. The topological polar surface area (TPSA) is 57.6 Å². The fourth-order valence-corrected chi connectivity index (χ4v) is 4.67. The summed E-state index contributed by atoms with van der Waals surface area (Å²) in [5.41, 5.74) is 2.04. The number of hydrogen-bond acceptors (Lipinski definition) is 2. The van der Waals surface area contributed by atoms with E-state index in [9.17, 15) is 14.7 Å². The minimum atomic E-state index is -0.954. The van der Waals surface area contributed by atoms with Crippen LogP contribution in [0.5, 0.6) is 0 Å². The van der Waals surface area contributed by atoms with Crippen LogP contribution in [0.2, 0.25) is 0 Å². The van der Waals surface area contributed by atoms with Crippen molar-refractivity contribution < 1.29 is 14.7 Å². The number of amides is 1. The van der Waals surface area contributed by atoms with E-state index in [1.807, 2.05) is 13.0 Å². The fraction of sp³-hybridized carbons (Fsp3) is 0.538. The molecule has 2 aliphatic heterocycles.